The van der Waals surface area contributed by atoms with Crippen molar-refractivity contribution in [1.82, 2.24) is 0 Å². The fourth-order valence-corrected chi connectivity index (χ4v) is 3.14. The van der Waals surface area contributed by atoms with Gasteiger partial charge in [0.25, 0.3) is 0 Å². The van der Waals surface area contributed by atoms with E-state index < -0.39 is 0 Å². The molecule has 0 bridgehead atoms. The third kappa shape index (κ3) is 4.46. The number of anilines is 2. The fourth-order valence-electron chi connectivity index (χ4n) is 2.35. The average molecular weight is 496 g/mol. The van der Waals surface area contributed by atoms with E-state index in [4.69, 9.17) is 0 Å². The van der Waals surface area contributed by atoms with Crippen LogP contribution in [0.2, 0.25) is 0 Å². The molecule has 4 heteroatoms. The van der Waals surface area contributed by atoms with Crippen LogP contribution in [-0.4, -0.2) is 0 Å². The van der Waals surface area contributed by atoms with Gasteiger partial charge in [0.1, 0.15) is 0 Å². The molecule has 0 radical (unpaired) electrons. The Labute approximate surface area is 161 Å². The Hall–Kier alpha value is -1.10. The summed E-state index contributed by atoms with van der Waals surface area (Å²) in [6.07, 6.45) is 0. The Bertz CT molecular complexity index is 720. The maximum atomic E-state index is 3.51. The molecule has 0 fully saturated rings. The topological polar surface area (TPSA) is 3.24 Å². The summed E-state index contributed by atoms with van der Waals surface area (Å²) in [4.78, 5) is 2.31. The first kappa shape index (κ1) is 16.7. The van der Waals surface area contributed by atoms with Crippen LogP contribution < -0.4 is 4.90 Å². The minimum absolute atomic E-state index is 0.816. The van der Waals surface area contributed by atoms with Crippen LogP contribution in [0.15, 0.2) is 86.2 Å². The van der Waals surface area contributed by atoms with E-state index in [1.807, 2.05) is 0 Å². The van der Waals surface area contributed by atoms with Crippen molar-refractivity contribution in [3.05, 3.63) is 91.8 Å². The molecule has 116 valence electrons. The first-order valence-corrected chi connectivity index (χ1v) is 9.53. The lowest BCUT2D eigenvalue weighted by Crippen LogP contribution is -2.16. The van der Waals surface area contributed by atoms with Gasteiger partial charge in [0, 0.05) is 31.3 Å². The second kappa shape index (κ2) is 7.65. The van der Waals surface area contributed by atoms with E-state index in [0.717, 1.165) is 20.0 Å². The zero-order valence-corrected chi connectivity index (χ0v) is 17.0. The molecule has 0 saturated heterocycles. The van der Waals surface area contributed by atoms with Gasteiger partial charge in [0.2, 0.25) is 0 Å². The second-order valence-electron chi connectivity index (χ2n) is 5.17. The average Bonchev–Trinajstić information content (AvgIpc) is 2.56. The van der Waals surface area contributed by atoms with Crippen molar-refractivity contribution < 1.29 is 0 Å². The van der Waals surface area contributed by atoms with Crippen LogP contribution in [0.25, 0.3) is 0 Å². The molecule has 0 heterocycles. The van der Waals surface area contributed by atoms with Gasteiger partial charge in [-0.05, 0) is 66.2 Å². The molecule has 1 nitrogen and oxygen atoms in total. The van der Waals surface area contributed by atoms with Crippen LogP contribution >= 0.6 is 47.8 Å². The summed E-state index contributed by atoms with van der Waals surface area (Å²) in [5.41, 5.74) is 3.59. The molecule has 3 aromatic carbocycles. The number of nitrogens with zero attached hydrogens (tertiary/aromatic N) is 1. The molecule has 3 aromatic rings. The summed E-state index contributed by atoms with van der Waals surface area (Å²) in [6.45, 7) is 0.816. The van der Waals surface area contributed by atoms with Crippen LogP contribution in [-0.2, 0) is 6.54 Å². The number of rotatable bonds is 4. The van der Waals surface area contributed by atoms with Gasteiger partial charge in [-0.2, -0.15) is 0 Å². The Morgan fingerprint density at radius 3 is 1.26 bits per heavy atom. The maximum absolute atomic E-state index is 3.51. The van der Waals surface area contributed by atoms with Crippen LogP contribution in [0, 0.1) is 0 Å². The van der Waals surface area contributed by atoms with E-state index >= 15 is 0 Å². The van der Waals surface area contributed by atoms with Gasteiger partial charge < -0.3 is 4.90 Å². The minimum Gasteiger partial charge on any atom is -0.337 e. The highest BCUT2D eigenvalue weighted by molar-refractivity contribution is 9.11. The van der Waals surface area contributed by atoms with Crippen LogP contribution in [0.3, 0.4) is 0 Å². The zero-order valence-electron chi connectivity index (χ0n) is 12.2. The molecule has 0 spiro atoms. The third-order valence-corrected chi connectivity index (χ3v) is 5.12. The molecule has 0 amide bonds. The molecule has 0 N–H and O–H groups in total. The van der Waals surface area contributed by atoms with Crippen LogP contribution in [0.1, 0.15) is 5.56 Å². The summed E-state index contributed by atoms with van der Waals surface area (Å²) in [5, 5.41) is 0. The number of halogens is 3. The Morgan fingerprint density at radius 2 is 0.870 bits per heavy atom. The van der Waals surface area contributed by atoms with Crippen LogP contribution in [0.4, 0.5) is 11.4 Å². The molecule has 0 aliphatic heterocycles. The SMILES string of the molecule is Brc1ccc(CN(c2ccc(Br)cc2)c2ccc(Br)cc2)cc1. The highest BCUT2D eigenvalue weighted by Gasteiger charge is 2.10. The summed E-state index contributed by atoms with van der Waals surface area (Å²) >= 11 is 10.5. The van der Waals surface area contributed by atoms with Gasteiger partial charge in [0.05, 0.1) is 0 Å². The summed E-state index contributed by atoms with van der Waals surface area (Å²) in [6, 6.07) is 25.3. The highest BCUT2D eigenvalue weighted by Crippen LogP contribution is 2.30. The van der Waals surface area contributed by atoms with E-state index in [9.17, 15) is 0 Å². The smallest absolute Gasteiger partial charge is 0.0481 e. The first-order chi connectivity index (χ1) is 11.1. The molecule has 0 atom stereocenters. The van der Waals surface area contributed by atoms with Crippen molar-refractivity contribution in [3.63, 3.8) is 0 Å². The molecular formula is C19H14Br3N. The largest absolute Gasteiger partial charge is 0.337 e. The lowest BCUT2D eigenvalue weighted by atomic mass is 10.1. The third-order valence-electron chi connectivity index (χ3n) is 3.53. The van der Waals surface area contributed by atoms with E-state index in [-0.39, 0.29) is 0 Å². The molecule has 0 aliphatic rings. The molecule has 3 rings (SSSR count). The highest BCUT2D eigenvalue weighted by atomic mass is 79.9. The molecule has 0 saturated carbocycles. The summed E-state index contributed by atoms with van der Waals surface area (Å²) in [5.74, 6) is 0. The second-order valence-corrected chi connectivity index (χ2v) is 7.91. The van der Waals surface area contributed by atoms with Gasteiger partial charge in [-0.3, -0.25) is 0 Å². The zero-order chi connectivity index (χ0) is 16.2. The van der Waals surface area contributed by atoms with Crippen molar-refractivity contribution in [1.29, 1.82) is 0 Å². The van der Waals surface area contributed by atoms with Gasteiger partial charge in [0.15, 0.2) is 0 Å². The van der Waals surface area contributed by atoms with Crippen LogP contribution in [0.5, 0.6) is 0 Å². The number of benzene rings is 3. The molecule has 0 unspecified atom stereocenters. The Balaban J connectivity index is 1.97. The van der Waals surface area contributed by atoms with Gasteiger partial charge in [-0.25, -0.2) is 0 Å². The standard InChI is InChI=1S/C19H14Br3N/c20-15-3-1-14(2-4-15)13-23(18-9-5-16(21)6-10-18)19-11-7-17(22)8-12-19/h1-12H,13H2. The van der Waals surface area contributed by atoms with Crippen molar-refractivity contribution in [3.8, 4) is 0 Å². The molecular weight excluding hydrogens is 482 g/mol. The maximum Gasteiger partial charge on any atom is 0.0481 e. The summed E-state index contributed by atoms with van der Waals surface area (Å²) < 4.78 is 3.27. The van der Waals surface area contributed by atoms with Gasteiger partial charge >= 0.3 is 0 Å². The van der Waals surface area contributed by atoms with Gasteiger partial charge in [-0.15, -0.1) is 0 Å². The van der Waals surface area contributed by atoms with E-state index in [1.165, 1.54) is 16.9 Å². The van der Waals surface area contributed by atoms with E-state index in [1.54, 1.807) is 0 Å². The molecule has 0 aliphatic carbocycles. The first-order valence-electron chi connectivity index (χ1n) is 7.15. The molecule has 23 heavy (non-hydrogen) atoms. The van der Waals surface area contributed by atoms with Crippen molar-refractivity contribution in [2.24, 2.45) is 0 Å². The summed E-state index contributed by atoms with van der Waals surface area (Å²) in [7, 11) is 0. The molecule has 0 aromatic heterocycles. The lowest BCUT2D eigenvalue weighted by Gasteiger charge is -2.25. The predicted molar refractivity (Wildman–Crippen MR) is 108 cm³/mol. The quantitative estimate of drug-likeness (QED) is 0.366. The Morgan fingerprint density at radius 1 is 0.522 bits per heavy atom. The van der Waals surface area contributed by atoms with Crippen molar-refractivity contribution in [2.75, 3.05) is 4.90 Å². The fraction of sp³-hybridized carbons (Fsp3) is 0.0526. The van der Waals surface area contributed by atoms with E-state index in [0.29, 0.717) is 0 Å². The van der Waals surface area contributed by atoms with E-state index in [2.05, 4.69) is 125 Å². The lowest BCUT2D eigenvalue weighted by molar-refractivity contribution is 0.974. The number of hydrogen-bond acceptors (Lipinski definition) is 1. The normalized spacial score (nSPS) is 10.6. The van der Waals surface area contributed by atoms with Gasteiger partial charge in [-0.1, -0.05) is 59.9 Å². The van der Waals surface area contributed by atoms with Crippen molar-refractivity contribution in [2.45, 2.75) is 6.54 Å². The Kier molecular flexibility index (Phi) is 5.57. The predicted octanol–water partition coefficient (Wildman–Crippen LogP) is 7.31. The monoisotopic (exact) mass is 493 g/mol. The minimum atomic E-state index is 0.816. The van der Waals surface area contributed by atoms with Crippen molar-refractivity contribution >= 4 is 59.2 Å². The number of hydrogen-bond donors (Lipinski definition) is 0.